The van der Waals surface area contributed by atoms with Crippen LogP contribution in [0.5, 0.6) is 5.75 Å². The smallest absolute Gasteiger partial charge is 0.257 e. The number of nitriles is 1. The van der Waals surface area contributed by atoms with Crippen LogP contribution >= 0.6 is 0 Å². The number of carbonyl (C=O) groups excluding carboxylic acids is 1. The summed E-state index contributed by atoms with van der Waals surface area (Å²) in [5, 5.41) is 6.50. The number of hydrogen-bond acceptors (Lipinski definition) is 7. The molecule has 8 heteroatoms. The lowest BCUT2D eigenvalue weighted by Crippen LogP contribution is -2.49. The Morgan fingerprint density at radius 2 is 1.89 bits per heavy atom. The number of nitrogens with zero attached hydrogens (tertiary/aromatic N) is 5. The van der Waals surface area contributed by atoms with Crippen molar-refractivity contribution in [2.24, 2.45) is 0 Å². The summed E-state index contributed by atoms with van der Waals surface area (Å²) in [4.78, 5) is 24.9. The van der Waals surface area contributed by atoms with Gasteiger partial charge < -0.3 is 19.0 Å². The maximum Gasteiger partial charge on any atom is 0.257 e. The molecular formula is C30H37N5O3. The topological polar surface area (TPSA) is 85.8 Å². The molecule has 0 saturated carbocycles. The molecule has 1 unspecified atom stereocenters. The largest absolute Gasteiger partial charge is 0.497 e. The lowest BCUT2D eigenvalue weighted by atomic mass is 9.91. The van der Waals surface area contributed by atoms with Crippen molar-refractivity contribution in [3.8, 4) is 23.4 Å². The number of pyridine rings is 1. The van der Waals surface area contributed by atoms with Gasteiger partial charge in [0.2, 0.25) is 0 Å². The molecule has 0 radical (unpaired) electrons. The Morgan fingerprint density at radius 3 is 2.50 bits per heavy atom. The van der Waals surface area contributed by atoms with Crippen LogP contribution < -0.4 is 9.64 Å². The van der Waals surface area contributed by atoms with E-state index in [2.05, 4.69) is 61.5 Å². The first-order valence-electron chi connectivity index (χ1n) is 13.2. The molecule has 2 aromatic heterocycles. The Morgan fingerprint density at radius 1 is 1.13 bits per heavy atom. The normalized spacial score (nSPS) is 17.8. The van der Waals surface area contributed by atoms with Crippen LogP contribution in [-0.4, -0.2) is 67.6 Å². The highest BCUT2D eigenvalue weighted by atomic mass is 16.5. The van der Waals surface area contributed by atoms with Gasteiger partial charge in [0, 0.05) is 50.1 Å². The van der Waals surface area contributed by atoms with Crippen molar-refractivity contribution < 1.29 is 13.9 Å². The average molecular weight is 516 g/mol. The Bertz CT molecular complexity index is 1250. The third-order valence-corrected chi connectivity index (χ3v) is 7.52. The molecule has 1 amide bonds. The lowest BCUT2D eigenvalue weighted by Gasteiger charge is -2.38. The first kappa shape index (κ1) is 27.2. The molecule has 4 heterocycles. The molecule has 0 spiro atoms. The highest BCUT2D eigenvalue weighted by molar-refractivity contribution is 5.94. The van der Waals surface area contributed by atoms with Crippen molar-refractivity contribution >= 4 is 11.7 Å². The number of likely N-dealkylation sites (tertiary alicyclic amines) is 1. The standard InChI is InChI=1S/C29H36N4O3.CHN/c1-20(2)25-18-24(21-7-5-8-23(17-21)35-4)27(26-9-6-11-31(26)3)28(30-25)32-12-14-33(15-13-32)29(34)22-10-16-36-19-22;1-2/h5,7-8,10,16-20,26H,6,9,11-15H2,1-4H3;1H. The number of methoxy groups -OCH3 is 1. The predicted octanol–water partition coefficient (Wildman–Crippen LogP) is 5.34. The van der Waals surface area contributed by atoms with Crippen molar-refractivity contribution in [3.63, 3.8) is 0 Å². The van der Waals surface area contributed by atoms with Gasteiger partial charge in [-0.2, -0.15) is 0 Å². The quantitative estimate of drug-likeness (QED) is 0.438. The zero-order chi connectivity index (χ0) is 27.2. The number of ether oxygens (including phenoxy) is 1. The van der Waals surface area contributed by atoms with Crippen LogP contribution in [0.3, 0.4) is 0 Å². The molecule has 2 aliphatic rings. The van der Waals surface area contributed by atoms with Crippen LogP contribution in [0.4, 0.5) is 5.82 Å². The minimum absolute atomic E-state index is 0.0279. The molecule has 3 aromatic rings. The Hall–Kier alpha value is -3.83. The van der Waals surface area contributed by atoms with Crippen molar-refractivity contribution in [3.05, 3.63) is 65.7 Å². The summed E-state index contributed by atoms with van der Waals surface area (Å²) < 4.78 is 10.7. The summed E-state index contributed by atoms with van der Waals surface area (Å²) >= 11 is 0. The number of furan rings is 1. The lowest BCUT2D eigenvalue weighted by molar-refractivity contribution is 0.0745. The van der Waals surface area contributed by atoms with E-state index in [1.807, 2.05) is 11.0 Å². The van der Waals surface area contributed by atoms with E-state index in [4.69, 9.17) is 19.4 Å². The number of rotatable bonds is 6. The van der Waals surface area contributed by atoms with Gasteiger partial charge in [-0.3, -0.25) is 9.69 Å². The zero-order valence-electron chi connectivity index (χ0n) is 22.8. The second-order valence-corrected chi connectivity index (χ2v) is 10.1. The van der Waals surface area contributed by atoms with E-state index < -0.39 is 0 Å². The number of piperazine rings is 1. The van der Waals surface area contributed by atoms with Gasteiger partial charge >= 0.3 is 0 Å². The first-order valence-corrected chi connectivity index (χ1v) is 13.2. The monoisotopic (exact) mass is 515 g/mol. The second-order valence-electron chi connectivity index (χ2n) is 10.1. The molecule has 5 rings (SSSR count). The SMILES string of the molecule is C#N.COc1cccc(-c2cc(C(C)C)nc(N3CCN(C(=O)c4ccoc4)CC3)c2C2CCCN2C)c1. The number of anilines is 1. The molecular weight excluding hydrogens is 478 g/mol. The number of amides is 1. The van der Waals surface area contributed by atoms with Crippen LogP contribution in [0.1, 0.15) is 60.3 Å². The number of aromatic nitrogens is 1. The van der Waals surface area contributed by atoms with E-state index in [1.165, 1.54) is 23.8 Å². The minimum Gasteiger partial charge on any atom is -0.497 e. The molecule has 2 saturated heterocycles. The molecule has 200 valence electrons. The summed E-state index contributed by atoms with van der Waals surface area (Å²) in [7, 11) is 3.93. The van der Waals surface area contributed by atoms with Crippen molar-refractivity contribution in [1.29, 1.82) is 5.26 Å². The van der Waals surface area contributed by atoms with Crippen LogP contribution in [0, 0.1) is 11.8 Å². The van der Waals surface area contributed by atoms with Crippen LogP contribution in [0.25, 0.3) is 11.1 Å². The van der Waals surface area contributed by atoms with E-state index in [0.29, 0.717) is 30.6 Å². The van der Waals surface area contributed by atoms with E-state index in [0.717, 1.165) is 48.9 Å². The third-order valence-electron chi connectivity index (χ3n) is 7.52. The molecule has 0 aliphatic carbocycles. The third kappa shape index (κ3) is 5.53. The highest BCUT2D eigenvalue weighted by Gasteiger charge is 2.33. The van der Waals surface area contributed by atoms with Gasteiger partial charge in [0.25, 0.3) is 5.91 Å². The van der Waals surface area contributed by atoms with Gasteiger partial charge in [-0.05, 0) is 67.7 Å². The van der Waals surface area contributed by atoms with Crippen molar-refractivity contribution in [2.45, 2.75) is 38.6 Å². The predicted molar refractivity (Wildman–Crippen MR) is 148 cm³/mol. The highest BCUT2D eigenvalue weighted by Crippen LogP contribution is 2.43. The molecule has 2 aliphatic heterocycles. The molecule has 0 N–H and O–H groups in total. The van der Waals surface area contributed by atoms with Crippen LogP contribution in [-0.2, 0) is 0 Å². The van der Waals surface area contributed by atoms with Gasteiger partial charge in [0.1, 0.15) is 17.8 Å². The van der Waals surface area contributed by atoms with E-state index >= 15 is 0 Å². The van der Waals surface area contributed by atoms with E-state index in [1.54, 1.807) is 19.4 Å². The van der Waals surface area contributed by atoms with Gasteiger partial charge in [-0.15, -0.1) is 0 Å². The van der Waals surface area contributed by atoms with Crippen molar-refractivity contribution in [2.75, 3.05) is 51.8 Å². The summed E-state index contributed by atoms with van der Waals surface area (Å²) in [6.07, 6.45) is 5.37. The van der Waals surface area contributed by atoms with Crippen molar-refractivity contribution in [1.82, 2.24) is 14.8 Å². The van der Waals surface area contributed by atoms with Crippen LogP contribution in [0.2, 0.25) is 0 Å². The fraction of sp³-hybridized carbons (Fsp3) is 0.433. The molecule has 2 fully saturated rings. The number of benzene rings is 1. The fourth-order valence-electron chi connectivity index (χ4n) is 5.42. The minimum atomic E-state index is 0.0279. The molecule has 1 aromatic carbocycles. The zero-order valence-corrected chi connectivity index (χ0v) is 22.8. The van der Waals surface area contributed by atoms with Gasteiger partial charge in [-0.1, -0.05) is 26.0 Å². The molecule has 38 heavy (non-hydrogen) atoms. The van der Waals surface area contributed by atoms with Gasteiger partial charge in [-0.25, -0.2) is 10.2 Å². The Kier molecular flexibility index (Phi) is 8.70. The Labute approximate surface area is 225 Å². The summed E-state index contributed by atoms with van der Waals surface area (Å²) in [6, 6.07) is 12.7. The first-order chi connectivity index (χ1) is 18.5. The summed E-state index contributed by atoms with van der Waals surface area (Å²) in [6.45, 7) is 11.8. The summed E-state index contributed by atoms with van der Waals surface area (Å²) in [5.41, 5.74) is 5.38. The fourth-order valence-corrected chi connectivity index (χ4v) is 5.42. The summed E-state index contributed by atoms with van der Waals surface area (Å²) in [5.74, 6) is 2.25. The van der Waals surface area contributed by atoms with Gasteiger partial charge in [0.15, 0.2) is 0 Å². The van der Waals surface area contributed by atoms with E-state index in [-0.39, 0.29) is 5.91 Å². The maximum absolute atomic E-state index is 12.9. The number of hydrogen-bond donors (Lipinski definition) is 0. The number of carbonyl (C=O) groups is 1. The maximum atomic E-state index is 12.9. The van der Waals surface area contributed by atoms with Crippen LogP contribution in [0.15, 0.2) is 53.3 Å². The molecule has 8 nitrogen and oxygen atoms in total. The van der Waals surface area contributed by atoms with E-state index in [9.17, 15) is 4.79 Å². The molecule has 0 bridgehead atoms. The second kappa shape index (κ2) is 12.1. The van der Waals surface area contributed by atoms with Gasteiger partial charge in [0.05, 0.1) is 18.9 Å². The molecule has 1 atom stereocenters. The Balaban J connectivity index is 0.00000164. The average Bonchev–Trinajstić information content (AvgIpc) is 3.65.